The van der Waals surface area contributed by atoms with E-state index in [1.54, 1.807) is 13.8 Å². The van der Waals surface area contributed by atoms with Gasteiger partial charge in [0.05, 0.1) is 6.10 Å². The van der Waals surface area contributed by atoms with E-state index in [0.29, 0.717) is 12.0 Å². The summed E-state index contributed by atoms with van der Waals surface area (Å²) in [4.78, 5) is 0. The van der Waals surface area contributed by atoms with E-state index in [2.05, 4.69) is 0 Å². The van der Waals surface area contributed by atoms with Crippen LogP contribution in [0.3, 0.4) is 0 Å². The normalized spacial score (nSPS) is 15.2. The lowest BCUT2D eigenvalue weighted by molar-refractivity contribution is 0.134. The Labute approximate surface area is 82.4 Å². The molecule has 0 bridgehead atoms. The third-order valence-corrected chi connectivity index (χ3v) is 2.37. The molecule has 3 heteroatoms. The van der Waals surface area contributed by atoms with Crippen LogP contribution in [0.2, 0.25) is 0 Å². The summed E-state index contributed by atoms with van der Waals surface area (Å²) in [6.45, 7) is 3.44. The number of hydrogen-bond donors (Lipinski definition) is 1. The summed E-state index contributed by atoms with van der Waals surface area (Å²) < 4.78 is 25.9. The molecule has 0 aliphatic carbocycles. The first kappa shape index (κ1) is 11.1. The first-order valence-corrected chi connectivity index (χ1v) is 4.62. The average molecular weight is 200 g/mol. The van der Waals surface area contributed by atoms with E-state index < -0.39 is 17.7 Å². The molecule has 0 aromatic heterocycles. The van der Waals surface area contributed by atoms with Gasteiger partial charge in [-0.15, -0.1) is 0 Å². The molecule has 2 atom stereocenters. The van der Waals surface area contributed by atoms with Crippen molar-refractivity contribution in [3.05, 3.63) is 35.4 Å². The molecule has 0 heterocycles. The Kier molecular flexibility index (Phi) is 3.58. The second-order valence-corrected chi connectivity index (χ2v) is 3.66. The molecule has 0 amide bonds. The van der Waals surface area contributed by atoms with Crippen molar-refractivity contribution in [1.82, 2.24) is 0 Å². The second kappa shape index (κ2) is 4.51. The Morgan fingerprint density at radius 3 is 2.50 bits per heavy atom. The van der Waals surface area contributed by atoms with Crippen LogP contribution in [0, 0.1) is 17.6 Å². The Morgan fingerprint density at radius 1 is 1.29 bits per heavy atom. The van der Waals surface area contributed by atoms with E-state index in [1.165, 1.54) is 6.07 Å². The molecule has 78 valence electrons. The lowest BCUT2D eigenvalue weighted by Crippen LogP contribution is -2.16. The molecule has 0 radical (unpaired) electrons. The van der Waals surface area contributed by atoms with Crippen molar-refractivity contribution in [2.75, 3.05) is 0 Å². The molecule has 0 aliphatic rings. The Morgan fingerprint density at radius 2 is 1.93 bits per heavy atom. The minimum Gasteiger partial charge on any atom is -0.393 e. The van der Waals surface area contributed by atoms with Gasteiger partial charge in [0.2, 0.25) is 0 Å². The SMILES string of the molecule is CC(O)C(C)Cc1cc(F)ccc1F. The highest BCUT2D eigenvalue weighted by atomic mass is 19.1. The third-order valence-electron chi connectivity index (χ3n) is 2.37. The molecule has 0 fully saturated rings. The predicted octanol–water partition coefficient (Wildman–Crippen LogP) is 2.52. The van der Waals surface area contributed by atoms with Gasteiger partial charge < -0.3 is 5.11 Å². The first-order chi connectivity index (χ1) is 6.50. The summed E-state index contributed by atoms with van der Waals surface area (Å²) in [7, 11) is 0. The molecule has 0 aliphatic heterocycles. The summed E-state index contributed by atoms with van der Waals surface area (Å²) in [6.07, 6.45) is -0.168. The summed E-state index contributed by atoms with van der Waals surface area (Å²) in [6, 6.07) is 3.37. The van der Waals surface area contributed by atoms with Crippen LogP contribution >= 0.6 is 0 Å². The number of benzene rings is 1. The van der Waals surface area contributed by atoms with Gasteiger partial charge in [0, 0.05) is 0 Å². The number of hydrogen-bond acceptors (Lipinski definition) is 1. The van der Waals surface area contributed by atoms with E-state index >= 15 is 0 Å². The molecule has 1 nitrogen and oxygen atoms in total. The maximum Gasteiger partial charge on any atom is 0.126 e. The zero-order valence-electron chi connectivity index (χ0n) is 8.30. The molecule has 1 aromatic carbocycles. The fraction of sp³-hybridized carbons (Fsp3) is 0.455. The summed E-state index contributed by atoms with van der Waals surface area (Å²) in [5.74, 6) is -0.940. The molecule has 0 spiro atoms. The molecule has 1 rings (SSSR count). The van der Waals surface area contributed by atoms with Crippen molar-refractivity contribution in [2.45, 2.75) is 26.4 Å². The number of rotatable bonds is 3. The van der Waals surface area contributed by atoms with Gasteiger partial charge in [0.1, 0.15) is 11.6 Å². The highest BCUT2D eigenvalue weighted by Crippen LogP contribution is 2.16. The van der Waals surface area contributed by atoms with Crippen molar-refractivity contribution in [3.63, 3.8) is 0 Å². The van der Waals surface area contributed by atoms with Crippen molar-refractivity contribution in [1.29, 1.82) is 0 Å². The van der Waals surface area contributed by atoms with Crippen LogP contribution in [0.15, 0.2) is 18.2 Å². The van der Waals surface area contributed by atoms with Gasteiger partial charge in [0.25, 0.3) is 0 Å². The fourth-order valence-corrected chi connectivity index (χ4v) is 1.22. The molecule has 0 saturated carbocycles. The molecule has 14 heavy (non-hydrogen) atoms. The smallest absolute Gasteiger partial charge is 0.126 e. The fourth-order valence-electron chi connectivity index (χ4n) is 1.22. The topological polar surface area (TPSA) is 20.2 Å². The zero-order valence-corrected chi connectivity index (χ0v) is 8.30. The quantitative estimate of drug-likeness (QED) is 0.794. The first-order valence-electron chi connectivity index (χ1n) is 4.62. The molecular formula is C11H14F2O. The third kappa shape index (κ3) is 2.77. The van der Waals surface area contributed by atoms with Crippen molar-refractivity contribution in [2.24, 2.45) is 5.92 Å². The maximum atomic E-state index is 13.1. The zero-order chi connectivity index (χ0) is 10.7. The van der Waals surface area contributed by atoms with Crippen LogP contribution in [0.4, 0.5) is 8.78 Å². The number of aliphatic hydroxyl groups excluding tert-OH is 1. The summed E-state index contributed by atoms with van der Waals surface area (Å²) >= 11 is 0. The van der Waals surface area contributed by atoms with Gasteiger partial charge in [-0.25, -0.2) is 8.78 Å². The van der Waals surface area contributed by atoms with Crippen LogP contribution in [0.5, 0.6) is 0 Å². The van der Waals surface area contributed by atoms with Crippen LogP contribution in [-0.2, 0) is 6.42 Å². The van der Waals surface area contributed by atoms with Gasteiger partial charge >= 0.3 is 0 Å². The largest absolute Gasteiger partial charge is 0.393 e. The summed E-state index contributed by atoms with van der Waals surface area (Å²) in [5, 5.41) is 9.23. The molecule has 1 N–H and O–H groups in total. The highest BCUT2D eigenvalue weighted by molar-refractivity contribution is 5.19. The highest BCUT2D eigenvalue weighted by Gasteiger charge is 2.12. The van der Waals surface area contributed by atoms with Gasteiger partial charge in [-0.1, -0.05) is 6.92 Å². The van der Waals surface area contributed by atoms with Crippen molar-refractivity contribution in [3.8, 4) is 0 Å². The minimum absolute atomic E-state index is 0.0775. The summed E-state index contributed by atoms with van der Waals surface area (Å²) in [5.41, 5.74) is 0.318. The van der Waals surface area contributed by atoms with Gasteiger partial charge in [0.15, 0.2) is 0 Å². The number of aliphatic hydroxyl groups is 1. The van der Waals surface area contributed by atoms with Gasteiger partial charge in [-0.2, -0.15) is 0 Å². The molecule has 2 unspecified atom stereocenters. The van der Waals surface area contributed by atoms with E-state index in [0.717, 1.165) is 12.1 Å². The monoisotopic (exact) mass is 200 g/mol. The lowest BCUT2D eigenvalue weighted by atomic mass is 9.96. The lowest BCUT2D eigenvalue weighted by Gasteiger charge is -2.14. The molecular weight excluding hydrogens is 186 g/mol. The molecule has 0 saturated heterocycles. The van der Waals surface area contributed by atoms with Crippen LogP contribution < -0.4 is 0 Å². The Hall–Kier alpha value is -0.960. The Balaban J connectivity index is 2.80. The van der Waals surface area contributed by atoms with Crippen LogP contribution in [0.25, 0.3) is 0 Å². The Bertz CT molecular complexity index is 310. The van der Waals surface area contributed by atoms with E-state index in [9.17, 15) is 13.9 Å². The van der Waals surface area contributed by atoms with E-state index in [4.69, 9.17) is 0 Å². The minimum atomic E-state index is -0.516. The molecule has 1 aromatic rings. The van der Waals surface area contributed by atoms with E-state index in [-0.39, 0.29) is 5.92 Å². The maximum absolute atomic E-state index is 13.1. The van der Waals surface area contributed by atoms with Crippen LogP contribution in [0.1, 0.15) is 19.4 Å². The van der Waals surface area contributed by atoms with Gasteiger partial charge in [-0.3, -0.25) is 0 Å². The van der Waals surface area contributed by atoms with Crippen molar-refractivity contribution >= 4 is 0 Å². The van der Waals surface area contributed by atoms with Crippen LogP contribution in [-0.4, -0.2) is 11.2 Å². The van der Waals surface area contributed by atoms with Crippen molar-refractivity contribution < 1.29 is 13.9 Å². The standard InChI is InChI=1S/C11H14F2O/c1-7(8(2)14)5-9-6-10(12)3-4-11(9)13/h3-4,6-8,14H,5H2,1-2H3. The average Bonchev–Trinajstić information content (AvgIpc) is 2.11. The second-order valence-electron chi connectivity index (χ2n) is 3.66. The number of halogens is 2. The van der Waals surface area contributed by atoms with E-state index in [1.807, 2.05) is 0 Å². The predicted molar refractivity (Wildman–Crippen MR) is 50.9 cm³/mol. The van der Waals surface area contributed by atoms with Gasteiger partial charge in [-0.05, 0) is 43.0 Å².